The Kier molecular flexibility index (Phi) is 5.40. The smallest absolute Gasteiger partial charge is 0.233 e. The van der Waals surface area contributed by atoms with Gasteiger partial charge in [0.25, 0.3) is 0 Å². The molecule has 1 fully saturated rings. The highest BCUT2D eigenvalue weighted by atomic mass is 32.2. The third-order valence-corrected chi connectivity index (χ3v) is 10.1. The molecule has 0 radical (unpaired) electrons. The van der Waals surface area contributed by atoms with Gasteiger partial charge in [-0.3, -0.25) is 4.79 Å². The van der Waals surface area contributed by atoms with Crippen LogP contribution in [0.25, 0.3) is 0 Å². The van der Waals surface area contributed by atoms with Crippen LogP contribution >= 0.6 is 11.8 Å². The molecule has 3 nitrogen and oxygen atoms in total. The van der Waals surface area contributed by atoms with Gasteiger partial charge < -0.3 is 9.33 Å². The molecule has 1 saturated heterocycles. The summed E-state index contributed by atoms with van der Waals surface area (Å²) in [6, 6.07) is 10.1. The van der Waals surface area contributed by atoms with E-state index < -0.39 is 8.32 Å². The van der Waals surface area contributed by atoms with E-state index in [1.165, 1.54) is 0 Å². The largest absolute Gasteiger partial charge is 0.410 e. The van der Waals surface area contributed by atoms with Gasteiger partial charge in [0.2, 0.25) is 5.91 Å². The summed E-state index contributed by atoms with van der Waals surface area (Å²) < 4.78 is 6.32. The predicted octanol–water partition coefficient (Wildman–Crippen LogP) is 4.01. The van der Waals surface area contributed by atoms with Crippen LogP contribution < -0.4 is 0 Å². The second-order valence-electron chi connectivity index (χ2n) is 7.40. The molecule has 122 valence electrons. The van der Waals surface area contributed by atoms with E-state index in [9.17, 15) is 4.79 Å². The topological polar surface area (TPSA) is 29.5 Å². The third-order valence-electron chi connectivity index (χ3n) is 4.57. The molecule has 1 aromatic carbocycles. The normalized spacial score (nSPS) is 16.5. The molecule has 0 spiro atoms. The van der Waals surface area contributed by atoms with Gasteiger partial charge in [0.05, 0.1) is 11.9 Å². The van der Waals surface area contributed by atoms with Gasteiger partial charge >= 0.3 is 0 Å². The predicted molar refractivity (Wildman–Crippen MR) is 95.8 cm³/mol. The minimum Gasteiger partial charge on any atom is -0.410 e. The molecular formula is C17H27NO2SSi. The van der Waals surface area contributed by atoms with Crippen molar-refractivity contribution in [1.29, 1.82) is 0 Å². The van der Waals surface area contributed by atoms with Crippen molar-refractivity contribution in [2.24, 2.45) is 0 Å². The van der Waals surface area contributed by atoms with E-state index in [0.29, 0.717) is 5.75 Å². The lowest BCUT2D eigenvalue weighted by Gasteiger charge is -2.46. The zero-order valence-electron chi connectivity index (χ0n) is 14.3. The molecule has 1 aromatic rings. The van der Waals surface area contributed by atoms with Gasteiger partial charge in [0.1, 0.15) is 0 Å². The average Bonchev–Trinajstić information content (AvgIpc) is 2.39. The van der Waals surface area contributed by atoms with E-state index in [4.69, 9.17) is 4.43 Å². The van der Waals surface area contributed by atoms with Crippen LogP contribution in [-0.4, -0.2) is 44.1 Å². The molecule has 22 heavy (non-hydrogen) atoms. The van der Waals surface area contributed by atoms with Crippen LogP contribution in [0.15, 0.2) is 35.2 Å². The maximum Gasteiger partial charge on any atom is 0.233 e. The first-order valence-corrected chi connectivity index (χ1v) is 11.7. The molecule has 0 aromatic heterocycles. The van der Waals surface area contributed by atoms with Crippen molar-refractivity contribution in [3.8, 4) is 0 Å². The average molecular weight is 338 g/mol. The van der Waals surface area contributed by atoms with Crippen LogP contribution in [0.3, 0.4) is 0 Å². The summed E-state index contributed by atoms with van der Waals surface area (Å²) in [4.78, 5) is 15.2. The zero-order chi connectivity index (χ0) is 16.4. The van der Waals surface area contributed by atoms with E-state index in [1.54, 1.807) is 11.8 Å². The van der Waals surface area contributed by atoms with Crippen molar-refractivity contribution in [1.82, 2.24) is 4.90 Å². The summed E-state index contributed by atoms with van der Waals surface area (Å²) in [5.74, 6) is 0.723. The van der Waals surface area contributed by atoms with Crippen molar-refractivity contribution in [2.45, 2.75) is 49.9 Å². The van der Waals surface area contributed by atoms with Crippen LogP contribution in [0.1, 0.15) is 20.8 Å². The minimum atomic E-state index is -1.72. The number of carbonyl (C=O) groups excluding carboxylic acids is 1. The molecule has 0 atom stereocenters. The van der Waals surface area contributed by atoms with Crippen molar-refractivity contribution in [3.05, 3.63) is 30.3 Å². The van der Waals surface area contributed by atoms with Gasteiger partial charge in [-0.2, -0.15) is 0 Å². The number of hydrogen-bond donors (Lipinski definition) is 0. The standard InChI is InChI=1S/C17H27NO2SSi/c1-17(2,3)22(4,5)20-14-11-18(12-14)16(19)13-21-15-9-7-6-8-10-15/h6-10,14H,11-13H2,1-5H3. The number of amides is 1. The van der Waals surface area contributed by atoms with Crippen LogP contribution in [0, 0.1) is 0 Å². The SMILES string of the molecule is CC(C)(C)[Si](C)(C)OC1CN(C(=O)CSc2ccccc2)C1. The van der Waals surface area contributed by atoms with Crippen LogP contribution in [0.5, 0.6) is 0 Å². The van der Waals surface area contributed by atoms with Crippen LogP contribution in [0.4, 0.5) is 0 Å². The Labute approximate surface area is 139 Å². The lowest BCUT2D eigenvalue weighted by molar-refractivity contribution is -0.137. The quantitative estimate of drug-likeness (QED) is 0.600. The Hall–Kier alpha value is -0.783. The molecular weight excluding hydrogens is 310 g/mol. The van der Waals surface area contributed by atoms with Crippen molar-refractivity contribution in [3.63, 3.8) is 0 Å². The lowest BCUT2D eigenvalue weighted by Crippen LogP contribution is -2.59. The lowest BCUT2D eigenvalue weighted by atomic mass is 10.2. The number of nitrogens with zero attached hydrogens (tertiary/aromatic N) is 1. The third kappa shape index (κ3) is 4.37. The van der Waals surface area contributed by atoms with E-state index in [1.807, 2.05) is 35.2 Å². The molecule has 0 N–H and O–H groups in total. The first-order valence-electron chi connectivity index (χ1n) is 7.82. The molecule has 0 aliphatic carbocycles. The second kappa shape index (κ2) is 6.77. The van der Waals surface area contributed by atoms with E-state index in [2.05, 4.69) is 33.9 Å². The summed E-state index contributed by atoms with van der Waals surface area (Å²) in [6.45, 7) is 12.8. The summed E-state index contributed by atoms with van der Waals surface area (Å²) in [6.07, 6.45) is 0.228. The molecule has 1 heterocycles. The van der Waals surface area contributed by atoms with Gasteiger partial charge in [-0.05, 0) is 30.3 Å². The van der Waals surface area contributed by atoms with E-state index in [-0.39, 0.29) is 17.0 Å². The Bertz CT molecular complexity index is 507. The van der Waals surface area contributed by atoms with Gasteiger partial charge in [-0.25, -0.2) is 0 Å². The Morgan fingerprint density at radius 3 is 2.41 bits per heavy atom. The van der Waals surface area contributed by atoms with Crippen molar-refractivity contribution in [2.75, 3.05) is 18.8 Å². The number of rotatable bonds is 5. The highest BCUT2D eigenvalue weighted by molar-refractivity contribution is 8.00. The fourth-order valence-electron chi connectivity index (χ4n) is 2.06. The zero-order valence-corrected chi connectivity index (χ0v) is 16.1. The van der Waals surface area contributed by atoms with Gasteiger partial charge in [-0.15, -0.1) is 11.8 Å². The van der Waals surface area contributed by atoms with E-state index in [0.717, 1.165) is 18.0 Å². The molecule has 5 heteroatoms. The molecule has 2 rings (SSSR count). The Morgan fingerprint density at radius 1 is 1.27 bits per heavy atom. The number of carbonyl (C=O) groups is 1. The minimum absolute atomic E-state index is 0.212. The number of benzene rings is 1. The van der Waals surface area contributed by atoms with E-state index >= 15 is 0 Å². The fourth-order valence-corrected chi connectivity index (χ4v) is 4.22. The summed E-state index contributed by atoms with van der Waals surface area (Å²) in [7, 11) is -1.72. The monoisotopic (exact) mass is 337 g/mol. The first-order chi connectivity index (χ1) is 10.2. The molecule has 0 saturated carbocycles. The van der Waals surface area contributed by atoms with Crippen molar-refractivity contribution < 1.29 is 9.22 Å². The molecule has 1 aliphatic rings. The molecule has 1 aliphatic heterocycles. The van der Waals surface area contributed by atoms with Gasteiger partial charge in [0.15, 0.2) is 8.32 Å². The fraction of sp³-hybridized carbons (Fsp3) is 0.588. The molecule has 0 bridgehead atoms. The second-order valence-corrected chi connectivity index (χ2v) is 13.2. The number of thioether (sulfide) groups is 1. The van der Waals surface area contributed by atoms with Gasteiger partial charge in [-0.1, -0.05) is 39.0 Å². The van der Waals surface area contributed by atoms with Crippen LogP contribution in [0.2, 0.25) is 18.1 Å². The van der Waals surface area contributed by atoms with Crippen LogP contribution in [-0.2, 0) is 9.22 Å². The summed E-state index contributed by atoms with van der Waals surface area (Å²) >= 11 is 1.60. The highest BCUT2D eigenvalue weighted by Crippen LogP contribution is 2.38. The van der Waals surface area contributed by atoms with Crippen molar-refractivity contribution >= 4 is 26.0 Å². The number of likely N-dealkylation sites (tertiary alicyclic amines) is 1. The number of hydrogen-bond acceptors (Lipinski definition) is 3. The highest BCUT2D eigenvalue weighted by Gasteiger charge is 2.42. The maximum atomic E-state index is 12.2. The molecule has 0 unspecified atom stereocenters. The Morgan fingerprint density at radius 2 is 1.86 bits per heavy atom. The maximum absolute atomic E-state index is 12.2. The Balaban J connectivity index is 1.73. The summed E-state index contributed by atoms with van der Waals surface area (Å²) in [5, 5.41) is 0.223. The van der Waals surface area contributed by atoms with Gasteiger partial charge in [0, 0.05) is 18.0 Å². The summed E-state index contributed by atoms with van der Waals surface area (Å²) in [5.41, 5.74) is 0. The molecule has 1 amide bonds. The first kappa shape index (κ1) is 17.6.